The Hall–Kier alpha value is -3.09. The molecule has 1 aromatic carbocycles. The van der Waals surface area contributed by atoms with Gasteiger partial charge in [0, 0.05) is 31.7 Å². The predicted octanol–water partition coefficient (Wildman–Crippen LogP) is 2.83. The molecule has 0 aliphatic heterocycles. The molecule has 3 aromatic rings. The van der Waals surface area contributed by atoms with Gasteiger partial charge in [0.05, 0.1) is 18.4 Å². The molecule has 2 heterocycles. The first-order chi connectivity index (χ1) is 11.2. The summed E-state index contributed by atoms with van der Waals surface area (Å²) in [7, 11) is 1.85. The second-order valence-corrected chi connectivity index (χ2v) is 4.80. The van der Waals surface area contributed by atoms with Crippen LogP contribution in [-0.4, -0.2) is 27.0 Å². The number of hydrogen-bond acceptors (Lipinski definition) is 6. The fraction of sp³-hybridized carbons (Fsp3) is 0.125. The molecule has 0 unspecified atom stereocenters. The first-order valence-corrected chi connectivity index (χ1v) is 6.93. The Bertz CT molecular complexity index is 767. The summed E-state index contributed by atoms with van der Waals surface area (Å²) in [5, 5.41) is 0. The first kappa shape index (κ1) is 14.8. The summed E-state index contributed by atoms with van der Waals surface area (Å²) < 4.78 is 18.5. The van der Waals surface area contributed by atoms with E-state index in [9.17, 15) is 4.39 Å². The van der Waals surface area contributed by atoms with Gasteiger partial charge in [-0.1, -0.05) is 0 Å². The highest BCUT2D eigenvalue weighted by Crippen LogP contribution is 2.21. The Morgan fingerprint density at radius 2 is 1.87 bits per heavy atom. The molecule has 0 N–H and O–H groups in total. The second kappa shape index (κ2) is 6.78. The summed E-state index contributed by atoms with van der Waals surface area (Å²) in [6.07, 6.45) is 6.55. The van der Waals surface area contributed by atoms with E-state index in [1.165, 1.54) is 12.1 Å². The van der Waals surface area contributed by atoms with Crippen LogP contribution in [0.25, 0.3) is 0 Å². The van der Waals surface area contributed by atoms with Crippen LogP contribution >= 0.6 is 0 Å². The van der Waals surface area contributed by atoms with E-state index in [0.717, 1.165) is 5.69 Å². The van der Waals surface area contributed by atoms with Crippen molar-refractivity contribution < 1.29 is 9.13 Å². The van der Waals surface area contributed by atoms with Gasteiger partial charge in [-0.25, -0.2) is 9.37 Å². The zero-order chi connectivity index (χ0) is 16.1. The third-order valence-corrected chi connectivity index (χ3v) is 3.01. The third-order valence-electron chi connectivity index (χ3n) is 3.01. The Balaban J connectivity index is 1.72. The molecule has 0 amide bonds. The van der Waals surface area contributed by atoms with Crippen LogP contribution in [0.3, 0.4) is 0 Å². The van der Waals surface area contributed by atoms with E-state index >= 15 is 0 Å². The van der Waals surface area contributed by atoms with Crippen LogP contribution in [0.4, 0.5) is 10.3 Å². The van der Waals surface area contributed by atoms with E-state index < -0.39 is 0 Å². The van der Waals surface area contributed by atoms with Gasteiger partial charge < -0.3 is 9.64 Å². The Kier molecular flexibility index (Phi) is 4.37. The van der Waals surface area contributed by atoms with E-state index in [1.807, 2.05) is 11.9 Å². The molecule has 0 aliphatic rings. The SMILES string of the molecule is CN(Cc1cnccn1)c1nccc(Oc2ccc(F)cc2)n1. The van der Waals surface area contributed by atoms with Crippen LogP contribution in [-0.2, 0) is 6.54 Å². The van der Waals surface area contributed by atoms with Crippen molar-refractivity contribution in [1.29, 1.82) is 0 Å². The quantitative estimate of drug-likeness (QED) is 0.722. The van der Waals surface area contributed by atoms with E-state index in [2.05, 4.69) is 19.9 Å². The number of hydrogen-bond donors (Lipinski definition) is 0. The van der Waals surface area contributed by atoms with Crippen molar-refractivity contribution in [3.63, 3.8) is 0 Å². The molecule has 2 aromatic heterocycles. The summed E-state index contributed by atoms with van der Waals surface area (Å²) >= 11 is 0. The van der Waals surface area contributed by atoms with Gasteiger partial charge in [0.15, 0.2) is 0 Å². The van der Waals surface area contributed by atoms with Crippen molar-refractivity contribution in [2.75, 3.05) is 11.9 Å². The number of aromatic nitrogens is 4. The van der Waals surface area contributed by atoms with Gasteiger partial charge in [-0.2, -0.15) is 4.98 Å². The fourth-order valence-corrected chi connectivity index (χ4v) is 1.92. The van der Waals surface area contributed by atoms with Gasteiger partial charge >= 0.3 is 0 Å². The lowest BCUT2D eigenvalue weighted by Crippen LogP contribution is -2.19. The summed E-state index contributed by atoms with van der Waals surface area (Å²) in [5.41, 5.74) is 0.809. The molecule has 116 valence electrons. The van der Waals surface area contributed by atoms with Crippen molar-refractivity contribution in [2.45, 2.75) is 6.54 Å². The van der Waals surface area contributed by atoms with Crippen LogP contribution in [0.1, 0.15) is 5.69 Å². The average molecular weight is 311 g/mol. The Labute approximate surface area is 132 Å². The highest BCUT2D eigenvalue weighted by atomic mass is 19.1. The van der Waals surface area contributed by atoms with Crippen LogP contribution in [0.15, 0.2) is 55.1 Å². The molecule has 0 radical (unpaired) electrons. The van der Waals surface area contributed by atoms with E-state index in [4.69, 9.17) is 4.74 Å². The van der Waals surface area contributed by atoms with E-state index in [1.54, 1.807) is 43.0 Å². The summed E-state index contributed by atoms with van der Waals surface area (Å²) in [6.45, 7) is 0.522. The number of anilines is 1. The largest absolute Gasteiger partial charge is 0.439 e. The van der Waals surface area contributed by atoms with Gasteiger partial charge in [0.25, 0.3) is 0 Å². The molecule has 7 heteroatoms. The highest BCUT2D eigenvalue weighted by Gasteiger charge is 2.08. The smallest absolute Gasteiger partial charge is 0.228 e. The number of nitrogens with zero attached hydrogens (tertiary/aromatic N) is 5. The molecule has 6 nitrogen and oxygen atoms in total. The van der Waals surface area contributed by atoms with Crippen molar-refractivity contribution in [2.24, 2.45) is 0 Å². The molecule has 0 atom stereocenters. The maximum atomic E-state index is 12.9. The number of halogens is 1. The molecule has 3 rings (SSSR count). The lowest BCUT2D eigenvalue weighted by molar-refractivity contribution is 0.459. The zero-order valence-electron chi connectivity index (χ0n) is 12.4. The minimum absolute atomic E-state index is 0.315. The van der Waals surface area contributed by atoms with Crippen LogP contribution in [0.5, 0.6) is 11.6 Å². The summed E-state index contributed by atoms with van der Waals surface area (Å²) in [5.74, 6) is 1.07. The molecule has 0 fully saturated rings. The first-order valence-electron chi connectivity index (χ1n) is 6.93. The van der Waals surface area contributed by atoms with Crippen molar-refractivity contribution in [3.8, 4) is 11.6 Å². The van der Waals surface area contributed by atoms with Gasteiger partial charge in [-0.15, -0.1) is 0 Å². The van der Waals surface area contributed by atoms with Crippen LogP contribution in [0.2, 0.25) is 0 Å². The second-order valence-electron chi connectivity index (χ2n) is 4.80. The van der Waals surface area contributed by atoms with E-state index in [-0.39, 0.29) is 5.82 Å². The summed E-state index contributed by atoms with van der Waals surface area (Å²) in [6, 6.07) is 7.39. The van der Waals surface area contributed by atoms with Crippen LogP contribution in [0, 0.1) is 5.82 Å². The lowest BCUT2D eigenvalue weighted by Gasteiger charge is -2.16. The van der Waals surface area contributed by atoms with Crippen LogP contribution < -0.4 is 9.64 Å². The zero-order valence-corrected chi connectivity index (χ0v) is 12.4. The summed E-state index contributed by atoms with van der Waals surface area (Å²) in [4.78, 5) is 18.6. The van der Waals surface area contributed by atoms with Crippen molar-refractivity contribution in [1.82, 2.24) is 19.9 Å². The highest BCUT2D eigenvalue weighted by molar-refractivity contribution is 5.33. The number of ether oxygens (including phenoxy) is 1. The van der Waals surface area contributed by atoms with Gasteiger partial charge in [0.1, 0.15) is 11.6 Å². The standard InChI is InChI=1S/C16H14FN5O/c1-22(11-13-10-18-8-9-19-13)16-20-7-6-15(21-16)23-14-4-2-12(17)3-5-14/h2-10H,11H2,1H3. The number of benzene rings is 1. The topological polar surface area (TPSA) is 64.0 Å². The van der Waals surface area contributed by atoms with Crippen molar-refractivity contribution in [3.05, 3.63) is 66.6 Å². The van der Waals surface area contributed by atoms with E-state index in [0.29, 0.717) is 24.1 Å². The molecule has 0 spiro atoms. The number of rotatable bonds is 5. The maximum absolute atomic E-state index is 12.9. The molecule has 0 aliphatic carbocycles. The Morgan fingerprint density at radius 1 is 1.04 bits per heavy atom. The predicted molar refractivity (Wildman–Crippen MR) is 82.6 cm³/mol. The monoisotopic (exact) mass is 311 g/mol. The maximum Gasteiger partial charge on any atom is 0.228 e. The third kappa shape index (κ3) is 3.97. The molecule has 0 bridgehead atoms. The average Bonchev–Trinajstić information content (AvgIpc) is 2.58. The fourth-order valence-electron chi connectivity index (χ4n) is 1.92. The molecular weight excluding hydrogens is 297 g/mol. The molecule has 23 heavy (non-hydrogen) atoms. The minimum Gasteiger partial charge on any atom is -0.439 e. The van der Waals surface area contributed by atoms with Gasteiger partial charge in [-0.3, -0.25) is 9.97 Å². The Morgan fingerprint density at radius 3 is 2.61 bits per heavy atom. The minimum atomic E-state index is -0.315. The van der Waals surface area contributed by atoms with Gasteiger partial charge in [0.2, 0.25) is 11.8 Å². The molecule has 0 saturated carbocycles. The lowest BCUT2D eigenvalue weighted by atomic mass is 10.3. The van der Waals surface area contributed by atoms with Crippen molar-refractivity contribution >= 4 is 5.95 Å². The molecule has 0 saturated heterocycles. The normalized spacial score (nSPS) is 10.3. The molecular formula is C16H14FN5O. The van der Waals surface area contributed by atoms with Gasteiger partial charge in [-0.05, 0) is 24.3 Å².